The van der Waals surface area contributed by atoms with Gasteiger partial charge in [0.25, 0.3) is 15.9 Å². The maximum atomic E-state index is 12.8. The summed E-state index contributed by atoms with van der Waals surface area (Å²) in [6.45, 7) is 4.23. The van der Waals surface area contributed by atoms with E-state index in [4.69, 9.17) is 4.74 Å². The van der Waals surface area contributed by atoms with Gasteiger partial charge in [0.2, 0.25) is 0 Å². The number of amides is 1. The van der Waals surface area contributed by atoms with Gasteiger partial charge >= 0.3 is 0 Å². The van der Waals surface area contributed by atoms with Gasteiger partial charge in [-0.25, -0.2) is 8.42 Å². The number of ether oxygens (including phenoxy) is 1. The Hall–Kier alpha value is -2.36. The summed E-state index contributed by atoms with van der Waals surface area (Å²) in [5.41, 5.74) is 1.67. The Balaban J connectivity index is 1.79. The highest BCUT2D eigenvalue weighted by Crippen LogP contribution is 2.29. The van der Waals surface area contributed by atoms with Crippen LogP contribution in [0.2, 0.25) is 0 Å². The molecule has 3 aromatic rings. The van der Waals surface area contributed by atoms with E-state index in [1.807, 2.05) is 25.3 Å². The number of nitrogens with one attached hydrogen (secondary N) is 2. The zero-order valence-electron chi connectivity index (χ0n) is 15.7. The van der Waals surface area contributed by atoms with E-state index in [2.05, 4.69) is 26.0 Å². The van der Waals surface area contributed by atoms with Crippen molar-refractivity contribution in [2.24, 2.45) is 0 Å². The minimum absolute atomic E-state index is 0.0446. The number of rotatable bonds is 7. The van der Waals surface area contributed by atoms with Crippen LogP contribution < -0.4 is 14.8 Å². The summed E-state index contributed by atoms with van der Waals surface area (Å²) in [5.74, 6) is 0.361. The van der Waals surface area contributed by atoms with Crippen molar-refractivity contribution in [3.05, 3.63) is 68.8 Å². The molecule has 0 aliphatic rings. The van der Waals surface area contributed by atoms with Crippen LogP contribution in [0.15, 0.2) is 63.3 Å². The van der Waals surface area contributed by atoms with E-state index in [0.29, 0.717) is 33.1 Å². The van der Waals surface area contributed by atoms with Crippen LogP contribution in [0.4, 0.5) is 11.4 Å². The molecule has 2 N–H and O–H groups in total. The van der Waals surface area contributed by atoms with Crippen molar-refractivity contribution >= 4 is 54.6 Å². The van der Waals surface area contributed by atoms with E-state index in [0.717, 1.165) is 5.56 Å². The lowest BCUT2D eigenvalue weighted by atomic mass is 10.2. The summed E-state index contributed by atoms with van der Waals surface area (Å²) in [7, 11) is -3.84. The Morgan fingerprint density at radius 3 is 2.59 bits per heavy atom. The second-order valence-corrected chi connectivity index (χ2v) is 9.55. The van der Waals surface area contributed by atoms with Gasteiger partial charge in [-0.3, -0.25) is 9.52 Å². The van der Waals surface area contributed by atoms with E-state index in [1.54, 1.807) is 30.3 Å². The molecule has 1 heterocycles. The highest BCUT2D eigenvalue weighted by atomic mass is 79.9. The standard InChI is InChI=1S/C20H19BrN2O4S2/c1-3-27-18-8-7-15(12-17(18)21)23-29(25,26)16-6-4-5-14(11-16)22-20(24)19-13(2)9-10-28-19/h4-12,23H,3H2,1-2H3,(H,22,24). The third-order valence-corrected chi connectivity index (χ3v) is 6.97. The predicted octanol–water partition coefficient (Wildman–Crippen LogP) is 5.27. The molecule has 0 fully saturated rings. The molecule has 9 heteroatoms. The molecule has 29 heavy (non-hydrogen) atoms. The number of hydrogen-bond acceptors (Lipinski definition) is 5. The summed E-state index contributed by atoms with van der Waals surface area (Å²) in [6, 6.07) is 12.9. The van der Waals surface area contributed by atoms with E-state index in [-0.39, 0.29) is 10.8 Å². The zero-order chi connectivity index (χ0) is 21.0. The monoisotopic (exact) mass is 494 g/mol. The van der Waals surface area contributed by atoms with Gasteiger partial charge in [0.05, 0.1) is 26.5 Å². The minimum atomic E-state index is -3.84. The first-order valence-corrected chi connectivity index (χ1v) is 11.9. The molecule has 6 nitrogen and oxygen atoms in total. The molecule has 3 rings (SSSR count). The number of halogens is 1. The summed E-state index contributed by atoms with van der Waals surface area (Å²) in [4.78, 5) is 13.0. The number of benzene rings is 2. The SMILES string of the molecule is CCOc1ccc(NS(=O)(=O)c2cccc(NC(=O)c3sccc3C)c2)cc1Br. The second-order valence-electron chi connectivity index (χ2n) is 6.10. The largest absolute Gasteiger partial charge is 0.493 e. The van der Waals surface area contributed by atoms with Crippen LogP contribution in [0.3, 0.4) is 0 Å². The number of carbonyl (C=O) groups is 1. The lowest BCUT2D eigenvalue weighted by Crippen LogP contribution is -2.15. The first kappa shape index (κ1) is 21.4. The van der Waals surface area contributed by atoms with Crippen molar-refractivity contribution in [2.45, 2.75) is 18.7 Å². The Labute approximate surface area is 182 Å². The van der Waals surface area contributed by atoms with Gasteiger partial charge in [-0.05, 0) is 83.2 Å². The normalized spacial score (nSPS) is 11.1. The molecule has 2 aromatic carbocycles. The smallest absolute Gasteiger partial charge is 0.265 e. The Kier molecular flexibility index (Phi) is 6.61. The van der Waals surface area contributed by atoms with Gasteiger partial charge in [-0.15, -0.1) is 11.3 Å². The van der Waals surface area contributed by atoms with Gasteiger partial charge in [0.15, 0.2) is 0 Å². The molecular weight excluding hydrogens is 476 g/mol. The van der Waals surface area contributed by atoms with Crippen LogP contribution in [0.25, 0.3) is 0 Å². The van der Waals surface area contributed by atoms with Crippen molar-refractivity contribution in [3.8, 4) is 5.75 Å². The number of anilines is 2. The van der Waals surface area contributed by atoms with Crippen molar-refractivity contribution in [2.75, 3.05) is 16.6 Å². The van der Waals surface area contributed by atoms with Crippen molar-refractivity contribution in [1.82, 2.24) is 0 Å². The quantitative estimate of drug-likeness (QED) is 0.468. The van der Waals surface area contributed by atoms with Crippen molar-refractivity contribution in [1.29, 1.82) is 0 Å². The lowest BCUT2D eigenvalue weighted by molar-refractivity contribution is 0.103. The maximum Gasteiger partial charge on any atom is 0.265 e. The van der Waals surface area contributed by atoms with Crippen molar-refractivity contribution < 1.29 is 17.9 Å². The topological polar surface area (TPSA) is 84.5 Å². The van der Waals surface area contributed by atoms with Crippen LogP contribution in [0.5, 0.6) is 5.75 Å². The zero-order valence-corrected chi connectivity index (χ0v) is 18.9. The number of hydrogen-bond donors (Lipinski definition) is 2. The molecule has 1 amide bonds. The third kappa shape index (κ3) is 5.17. The van der Waals surface area contributed by atoms with Gasteiger partial charge in [-0.2, -0.15) is 0 Å². The number of thiophene rings is 1. The fourth-order valence-corrected chi connectivity index (χ4v) is 4.99. The van der Waals surface area contributed by atoms with Crippen LogP contribution in [0.1, 0.15) is 22.2 Å². The minimum Gasteiger partial charge on any atom is -0.493 e. The highest BCUT2D eigenvalue weighted by molar-refractivity contribution is 9.10. The number of sulfonamides is 1. The Bertz CT molecular complexity index is 1140. The van der Waals surface area contributed by atoms with Gasteiger partial charge < -0.3 is 10.1 Å². The summed E-state index contributed by atoms with van der Waals surface area (Å²) in [5, 5.41) is 4.58. The van der Waals surface area contributed by atoms with Crippen LogP contribution in [-0.2, 0) is 10.0 Å². The molecule has 0 aliphatic carbocycles. The molecule has 0 aliphatic heterocycles. The van der Waals surface area contributed by atoms with Gasteiger partial charge in [0.1, 0.15) is 5.75 Å². The van der Waals surface area contributed by atoms with Crippen LogP contribution in [0, 0.1) is 6.92 Å². The van der Waals surface area contributed by atoms with Crippen LogP contribution in [-0.4, -0.2) is 20.9 Å². The Morgan fingerprint density at radius 1 is 1.14 bits per heavy atom. The fourth-order valence-electron chi connectivity index (χ4n) is 2.59. The molecule has 152 valence electrons. The third-order valence-electron chi connectivity index (χ3n) is 3.95. The molecule has 0 radical (unpaired) electrons. The fraction of sp³-hybridized carbons (Fsp3) is 0.150. The number of aryl methyl sites for hydroxylation is 1. The van der Waals surface area contributed by atoms with E-state index in [1.165, 1.54) is 23.5 Å². The average Bonchev–Trinajstić information content (AvgIpc) is 3.10. The van der Waals surface area contributed by atoms with Gasteiger partial charge in [-0.1, -0.05) is 6.07 Å². The summed E-state index contributed by atoms with van der Waals surface area (Å²) >= 11 is 4.71. The highest BCUT2D eigenvalue weighted by Gasteiger charge is 2.17. The molecule has 0 bridgehead atoms. The first-order chi connectivity index (χ1) is 13.8. The molecule has 0 spiro atoms. The molecular formula is C20H19BrN2O4S2. The van der Waals surface area contributed by atoms with E-state index in [9.17, 15) is 13.2 Å². The molecule has 0 saturated heterocycles. The summed E-state index contributed by atoms with van der Waals surface area (Å²) < 4.78 is 34.2. The second kappa shape index (κ2) is 8.98. The maximum absolute atomic E-state index is 12.8. The van der Waals surface area contributed by atoms with Crippen LogP contribution >= 0.6 is 27.3 Å². The van der Waals surface area contributed by atoms with Gasteiger partial charge in [0, 0.05) is 5.69 Å². The molecule has 0 atom stereocenters. The average molecular weight is 495 g/mol. The lowest BCUT2D eigenvalue weighted by Gasteiger charge is -2.12. The van der Waals surface area contributed by atoms with E-state index >= 15 is 0 Å². The van der Waals surface area contributed by atoms with Crippen molar-refractivity contribution in [3.63, 3.8) is 0 Å². The first-order valence-electron chi connectivity index (χ1n) is 8.71. The summed E-state index contributed by atoms with van der Waals surface area (Å²) in [6.07, 6.45) is 0. The Morgan fingerprint density at radius 2 is 1.93 bits per heavy atom. The molecule has 0 unspecified atom stereocenters. The molecule has 0 saturated carbocycles. The van der Waals surface area contributed by atoms with E-state index < -0.39 is 10.0 Å². The number of carbonyl (C=O) groups excluding carboxylic acids is 1. The molecule has 1 aromatic heterocycles. The predicted molar refractivity (Wildman–Crippen MR) is 120 cm³/mol.